The van der Waals surface area contributed by atoms with Crippen molar-refractivity contribution < 1.29 is 0 Å². The van der Waals surface area contributed by atoms with E-state index in [1.165, 1.54) is 75.8 Å². The molecule has 1 heterocycles. The van der Waals surface area contributed by atoms with E-state index in [0.717, 1.165) is 19.6 Å². The molecule has 1 atom stereocenters. The van der Waals surface area contributed by atoms with Crippen LogP contribution in [-0.4, -0.2) is 37.6 Å². The number of rotatable bonds is 9. The van der Waals surface area contributed by atoms with Crippen LogP contribution in [0.1, 0.15) is 68.2 Å². The molecule has 2 aromatic rings. The lowest BCUT2D eigenvalue weighted by Gasteiger charge is -2.39. The molecule has 1 aliphatic heterocycles. The Morgan fingerprint density at radius 3 is 2.53 bits per heavy atom. The first-order valence-electron chi connectivity index (χ1n) is 12.2. The first kappa shape index (κ1) is 21.4. The van der Waals surface area contributed by atoms with Crippen LogP contribution in [0.4, 0.5) is 5.69 Å². The van der Waals surface area contributed by atoms with Crippen molar-refractivity contribution in [3.05, 3.63) is 65.2 Å². The monoisotopic (exact) mass is 405 g/mol. The van der Waals surface area contributed by atoms with Gasteiger partial charge < -0.3 is 10.2 Å². The van der Waals surface area contributed by atoms with Crippen LogP contribution in [0.2, 0.25) is 0 Å². The van der Waals surface area contributed by atoms with E-state index in [2.05, 4.69) is 70.6 Å². The Morgan fingerprint density at radius 2 is 1.73 bits per heavy atom. The highest BCUT2D eigenvalue weighted by Gasteiger charge is 2.26. The quantitative estimate of drug-likeness (QED) is 0.551. The first-order valence-corrected chi connectivity index (χ1v) is 12.2. The minimum Gasteiger partial charge on any atom is -0.369 e. The van der Waals surface area contributed by atoms with Crippen molar-refractivity contribution in [2.75, 3.05) is 37.6 Å². The number of hydrogen-bond acceptors (Lipinski definition) is 3. The second-order valence-electron chi connectivity index (χ2n) is 9.05. The van der Waals surface area contributed by atoms with Gasteiger partial charge in [-0.1, -0.05) is 68.7 Å². The van der Waals surface area contributed by atoms with Crippen LogP contribution >= 0.6 is 0 Å². The van der Waals surface area contributed by atoms with E-state index in [9.17, 15) is 0 Å². The lowest BCUT2D eigenvalue weighted by molar-refractivity contribution is 0.252. The number of hydrogen-bond donors (Lipinski definition) is 1. The van der Waals surface area contributed by atoms with Gasteiger partial charge in [0, 0.05) is 44.5 Å². The van der Waals surface area contributed by atoms with Crippen molar-refractivity contribution in [1.82, 2.24) is 10.2 Å². The summed E-state index contributed by atoms with van der Waals surface area (Å²) in [4.78, 5) is 5.33. The average Bonchev–Trinajstić information content (AvgIpc) is 2.81. The normalized spacial score (nSPS) is 19.6. The van der Waals surface area contributed by atoms with Gasteiger partial charge in [-0.25, -0.2) is 0 Å². The summed E-state index contributed by atoms with van der Waals surface area (Å²) < 4.78 is 0. The number of benzene rings is 2. The maximum Gasteiger partial charge on any atom is 0.0418 e. The maximum atomic E-state index is 3.89. The lowest BCUT2D eigenvalue weighted by atomic mass is 9.85. The summed E-state index contributed by atoms with van der Waals surface area (Å²) >= 11 is 0. The van der Waals surface area contributed by atoms with Gasteiger partial charge in [0.15, 0.2) is 0 Å². The fourth-order valence-corrected chi connectivity index (χ4v) is 5.15. The van der Waals surface area contributed by atoms with E-state index in [1.54, 1.807) is 11.1 Å². The molecular weight excluding hydrogens is 366 g/mol. The Bertz CT molecular complexity index is 765. The van der Waals surface area contributed by atoms with E-state index in [0.29, 0.717) is 6.04 Å². The number of piperazine rings is 1. The van der Waals surface area contributed by atoms with Gasteiger partial charge in [0.1, 0.15) is 0 Å². The van der Waals surface area contributed by atoms with Crippen LogP contribution in [-0.2, 0) is 13.0 Å². The van der Waals surface area contributed by atoms with Crippen LogP contribution in [0, 0.1) is 0 Å². The predicted molar refractivity (Wildman–Crippen MR) is 128 cm³/mol. The summed E-state index contributed by atoms with van der Waals surface area (Å²) in [5.74, 6) is 0. The van der Waals surface area contributed by atoms with Crippen LogP contribution in [0.15, 0.2) is 48.5 Å². The number of unbranched alkanes of at least 4 members (excludes halogenated alkanes) is 3. The zero-order valence-corrected chi connectivity index (χ0v) is 18.8. The van der Waals surface area contributed by atoms with Gasteiger partial charge in [0.05, 0.1) is 0 Å². The Hall–Kier alpha value is -1.84. The molecule has 0 bridgehead atoms. The molecule has 0 saturated carbocycles. The van der Waals surface area contributed by atoms with Gasteiger partial charge in [-0.3, -0.25) is 4.90 Å². The third kappa shape index (κ3) is 5.44. The summed E-state index contributed by atoms with van der Waals surface area (Å²) in [6, 6.07) is 18.3. The standard InChI is InChI=1S/C27H39N3/c1-2-3-4-8-17-29-18-20-30(21-19-29)26-16-10-14-24-13-9-15-25(27(24)26)28-22-23-11-6-5-7-12-23/h5-7,10-12,14,16,25,28H,2-4,8-9,13,15,17-22H2,1H3. The number of anilines is 1. The highest BCUT2D eigenvalue weighted by molar-refractivity contribution is 5.59. The van der Waals surface area contributed by atoms with Gasteiger partial charge in [-0.05, 0) is 55.0 Å². The van der Waals surface area contributed by atoms with Crippen molar-refractivity contribution in [2.24, 2.45) is 0 Å². The SMILES string of the molecule is CCCCCCN1CCN(c2cccc3c2C(NCc2ccccc2)CCC3)CC1. The Balaban J connectivity index is 1.40. The second kappa shape index (κ2) is 11.0. The topological polar surface area (TPSA) is 18.5 Å². The van der Waals surface area contributed by atoms with Gasteiger partial charge in [-0.15, -0.1) is 0 Å². The Kier molecular flexibility index (Phi) is 7.82. The summed E-state index contributed by atoms with van der Waals surface area (Å²) in [6.07, 6.45) is 9.21. The number of fused-ring (bicyclic) bond motifs is 1. The van der Waals surface area contributed by atoms with Crippen LogP contribution in [0.3, 0.4) is 0 Å². The molecule has 1 aliphatic carbocycles. The summed E-state index contributed by atoms with van der Waals surface area (Å²) in [5, 5.41) is 3.89. The van der Waals surface area contributed by atoms with E-state index >= 15 is 0 Å². The van der Waals surface area contributed by atoms with Crippen LogP contribution in [0.25, 0.3) is 0 Å². The number of aryl methyl sites for hydroxylation is 1. The molecule has 0 spiro atoms. The van der Waals surface area contributed by atoms with Crippen molar-refractivity contribution in [3.8, 4) is 0 Å². The Morgan fingerprint density at radius 1 is 0.900 bits per heavy atom. The fourth-order valence-electron chi connectivity index (χ4n) is 5.15. The summed E-state index contributed by atoms with van der Waals surface area (Å²) in [6.45, 7) is 9.26. The highest BCUT2D eigenvalue weighted by Crippen LogP contribution is 2.37. The molecule has 162 valence electrons. The average molecular weight is 406 g/mol. The molecule has 1 fully saturated rings. The minimum atomic E-state index is 0.470. The molecule has 3 nitrogen and oxygen atoms in total. The molecule has 3 heteroatoms. The number of nitrogens with zero attached hydrogens (tertiary/aromatic N) is 2. The van der Waals surface area contributed by atoms with Gasteiger partial charge >= 0.3 is 0 Å². The maximum absolute atomic E-state index is 3.89. The zero-order valence-electron chi connectivity index (χ0n) is 18.8. The van der Waals surface area contributed by atoms with Crippen molar-refractivity contribution in [3.63, 3.8) is 0 Å². The van der Waals surface area contributed by atoms with Gasteiger partial charge in [0.2, 0.25) is 0 Å². The molecule has 2 aliphatic rings. The van der Waals surface area contributed by atoms with Gasteiger partial charge in [0.25, 0.3) is 0 Å². The van der Waals surface area contributed by atoms with E-state index in [-0.39, 0.29) is 0 Å². The van der Waals surface area contributed by atoms with E-state index < -0.39 is 0 Å². The summed E-state index contributed by atoms with van der Waals surface area (Å²) in [7, 11) is 0. The molecule has 0 amide bonds. The fraction of sp³-hybridized carbons (Fsp3) is 0.556. The molecule has 1 saturated heterocycles. The smallest absolute Gasteiger partial charge is 0.0418 e. The third-order valence-corrected chi connectivity index (χ3v) is 6.90. The minimum absolute atomic E-state index is 0.470. The molecular formula is C27H39N3. The lowest BCUT2D eigenvalue weighted by Crippen LogP contribution is -2.47. The zero-order chi connectivity index (χ0) is 20.6. The van der Waals surface area contributed by atoms with Crippen molar-refractivity contribution in [1.29, 1.82) is 0 Å². The van der Waals surface area contributed by atoms with Crippen molar-refractivity contribution in [2.45, 2.75) is 64.5 Å². The highest BCUT2D eigenvalue weighted by atomic mass is 15.3. The molecule has 30 heavy (non-hydrogen) atoms. The second-order valence-corrected chi connectivity index (χ2v) is 9.05. The van der Waals surface area contributed by atoms with E-state index in [1.807, 2.05) is 0 Å². The van der Waals surface area contributed by atoms with Crippen LogP contribution in [0.5, 0.6) is 0 Å². The number of nitrogens with one attached hydrogen (secondary N) is 1. The largest absolute Gasteiger partial charge is 0.369 e. The molecule has 4 rings (SSSR count). The van der Waals surface area contributed by atoms with E-state index in [4.69, 9.17) is 0 Å². The summed E-state index contributed by atoms with van der Waals surface area (Å²) in [5.41, 5.74) is 6.00. The first-order chi connectivity index (χ1) is 14.8. The van der Waals surface area contributed by atoms with Crippen molar-refractivity contribution >= 4 is 5.69 Å². The van der Waals surface area contributed by atoms with Crippen LogP contribution < -0.4 is 10.2 Å². The third-order valence-electron chi connectivity index (χ3n) is 6.90. The predicted octanol–water partition coefficient (Wildman–Crippen LogP) is 5.56. The van der Waals surface area contributed by atoms with Gasteiger partial charge in [-0.2, -0.15) is 0 Å². The Labute approximate surface area is 183 Å². The molecule has 1 unspecified atom stereocenters. The molecule has 0 aromatic heterocycles. The molecule has 0 radical (unpaired) electrons. The molecule has 1 N–H and O–H groups in total. The molecule has 2 aromatic carbocycles.